The number of carbonyl (C=O) groups is 1. The van der Waals surface area contributed by atoms with Gasteiger partial charge in [0.1, 0.15) is 5.82 Å². The molecule has 118 valence electrons. The zero-order valence-electron chi connectivity index (χ0n) is 12.4. The summed E-state index contributed by atoms with van der Waals surface area (Å²) in [5.74, 6) is 0.837. The molecule has 1 amide bonds. The summed E-state index contributed by atoms with van der Waals surface area (Å²) in [7, 11) is 0. The Bertz CT molecular complexity index is 620. The molecule has 1 saturated heterocycles. The van der Waals surface area contributed by atoms with Gasteiger partial charge in [-0.15, -0.1) is 16.7 Å². The maximum absolute atomic E-state index is 11.5. The molecule has 3 rings (SSSR count). The van der Waals surface area contributed by atoms with Crippen LogP contribution in [0.4, 0.5) is 5.13 Å². The van der Waals surface area contributed by atoms with Gasteiger partial charge >= 0.3 is 0 Å². The van der Waals surface area contributed by atoms with Crippen LogP contribution in [0, 0.1) is 0 Å². The number of amides is 1. The number of piperazine rings is 1. The first kappa shape index (κ1) is 15.4. The second kappa shape index (κ2) is 6.29. The summed E-state index contributed by atoms with van der Waals surface area (Å²) in [6.45, 7) is 7.36. The predicted molar refractivity (Wildman–Crippen MR) is 85.4 cm³/mol. The van der Waals surface area contributed by atoms with E-state index in [2.05, 4.69) is 43.2 Å². The minimum absolute atomic E-state index is 0.340. The number of azo groups is 1. The van der Waals surface area contributed by atoms with Gasteiger partial charge in [0.25, 0.3) is 5.91 Å². The Kier molecular flexibility index (Phi) is 4.39. The highest BCUT2D eigenvalue weighted by Gasteiger charge is 2.30. The van der Waals surface area contributed by atoms with Crippen molar-refractivity contribution in [2.24, 2.45) is 10.2 Å². The summed E-state index contributed by atoms with van der Waals surface area (Å²) in [6, 6.07) is 0. The summed E-state index contributed by atoms with van der Waals surface area (Å²) < 4.78 is 4.39. The summed E-state index contributed by atoms with van der Waals surface area (Å²) >= 11 is 7.55. The molecule has 1 aromatic rings. The Labute approximate surface area is 137 Å². The average Bonchev–Trinajstić information content (AvgIpc) is 3.00. The van der Waals surface area contributed by atoms with Crippen molar-refractivity contribution in [3.63, 3.8) is 0 Å². The third-order valence-electron chi connectivity index (χ3n) is 3.69. The lowest BCUT2D eigenvalue weighted by Crippen LogP contribution is -2.48. The Morgan fingerprint density at radius 1 is 1.27 bits per heavy atom. The number of hydrogen-bond acceptors (Lipinski definition) is 7. The van der Waals surface area contributed by atoms with E-state index >= 15 is 0 Å². The zero-order valence-corrected chi connectivity index (χ0v) is 14.0. The molecular weight excluding hydrogens is 324 g/mol. The molecule has 1 aromatic heterocycles. The smallest absolute Gasteiger partial charge is 0.288 e. The number of rotatable bonds is 3. The van der Waals surface area contributed by atoms with Gasteiger partial charge in [-0.1, -0.05) is 13.8 Å². The van der Waals surface area contributed by atoms with Crippen molar-refractivity contribution in [1.29, 1.82) is 0 Å². The van der Waals surface area contributed by atoms with E-state index in [4.69, 9.17) is 11.6 Å². The second-order valence-electron chi connectivity index (χ2n) is 5.53. The van der Waals surface area contributed by atoms with E-state index in [9.17, 15) is 4.79 Å². The summed E-state index contributed by atoms with van der Waals surface area (Å²) in [4.78, 5) is 20.4. The molecular formula is C13H17ClN6OS. The lowest BCUT2D eigenvalue weighted by molar-refractivity contribution is -0.117. The van der Waals surface area contributed by atoms with Gasteiger partial charge in [0, 0.05) is 43.6 Å². The van der Waals surface area contributed by atoms with Crippen LogP contribution in [-0.4, -0.2) is 51.7 Å². The van der Waals surface area contributed by atoms with E-state index in [-0.39, 0.29) is 0 Å². The summed E-state index contributed by atoms with van der Waals surface area (Å²) in [5.41, 5.74) is 0.737. The molecule has 0 bridgehead atoms. The van der Waals surface area contributed by atoms with Crippen LogP contribution in [-0.2, 0) is 4.79 Å². The van der Waals surface area contributed by atoms with Gasteiger partial charge in [0.05, 0.1) is 11.9 Å². The molecule has 0 saturated carbocycles. The van der Waals surface area contributed by atoms with E-state index in [1.165, 1.54) is 11.5 Å². The molecule has 3 heterocycles. The first-order chi connectivity index (χ1) is 10.6. The highest BCUT2D eigenvalue weighted by molar-refractivity contribution is 7.09. The molecule has 1 fully saturated rings. The van der Waals surface area contributed by atoms with E-state index in [1.54, 1.807) is 6.20 Å². The van der Waals surface area contributed by atoms with Crippen molar-refractivity contribution < 1.29 is 4.79 Å². The Hall–Kier alpha value is -1.54. The number of carbonyl (C=O) groups excluding carboxylic acids is 1. The van der Waals surface area contributed by atoms with Gasteiger partial charge in [-0.2, -0.15) is 9.49 Å². The van der Waals surface area contributed by atoms with E-state index < -0.39 is 11.3 Å². The van der Waals surface area contributed by atoms with Gasteiger partial charge < -0.3 is 9.80 Å². The lowest BCUT2D eigenvalue weighted by Gasteiger charge is -2.37. The van der Waals surface area contributed by atoms with Crippen molar-refractivity contribution in [1.82, 2.24) is 14.3 Å². The van der Waals surface area contributed by atoms with Gasteiger partial charge in [0.15, 0.2) is 5.38 Å². The minimum atomic E-state index is -0.724. The van der Waals surface area contributed by atoms with Crippen molar-refractivity contribution in [3.8, 4) is 0 Å². The van der Waals surface area contributed by atoms with Crippen LogP contribution in [0.15, 0.2) is 22.1 Å². The van der Waals surface area contributed by atoms with E-state index in [1.807, 2.05) is 0 Å². The average molecular weight is 341 g/mol. The molecule has 0 radical (unpaired) electrons. The minimum Gasteiger partial charge on any atom is -0.368 e. The van der Waals surface area contributed by atoms with Crippen LogP contribution in [0.1, 0.15) is 25.6 Å². The molecule has 1 unspecified atom stereocenters. The van der Waals surface area contributed by atoms with Gasteiger partial charge in [-0.05, 0) is 0 Å². The largest absolute Gasteiger partial charge is 0.368 e. The maximum Gasteiger partial charge on any atom is 0.288 e. The van der Waals surface area contributed by atoms with Crippen molar-refractivity contribution in [2.45, 2.75) is 25.1 Å². The van der Waals surface area contributed by atoms with Crippen LogP contribution in [0.2, 0.25) is 0 Å². The second-order valence-corrected chi connectivity index (χ2v) is 6.70. The molecule has 0 N–H and O–H groups in total. The molecule has 2 aliphatic rings. The predicted octanol–water partition coefficient (Wildman–Crippen LogP) is 2.22. The van der Waals surface area contributed by atoms with Crippen molar-refractivity contribution in [3.05, 3.63) is 17.7 Å². The molecule has 1 atom stereocenters. The topological polar surface area (TPSA) is 74.1 Å². The van der Waals surface area contributed by atoms with Crippen LogP contribution in [0.25, 0.3) is 0 Å². The lowest BCUT2D eigenvalue weighted by atomic mass is 10.2. The Morgan fingerprint density at radius 2 is 1.95 bits per heavy atom. The van der Waals surface area contributed by atoms with Crippen molar-refractivity contribution >= 4 is 34.2 Å². The third kappa shape index (κ3) is 2.98. The number of anilines is 1. The first-order valence-electron chi connectivity index (χ1n) is 7.18. The number of aromatic nitrogens is 2. The van der Waals surface area contributed by atoms with Crippen molar-refractivity contribution in [2.75, 3.05) is 31.1 Å². The Morgan fingerprint density at radius 3 is 2.59 bits per heavy atom. The van der Waals surface area contributed by atoms with Gasteiger partial charge in [-0.3, -0.25) is 4.79 Å². The number of halogens is 1. The first-order valence-corrected chi connectivity index (χ1v) is 8.39. The van der Waals surface area contributed by atoms with Crippen LogP contribution in [0.5, 0.6) is 0 Å². The van der Waals surface area contributed by atoms with Gasteiger partial charge in [0.2, 0.25) is 5.13 Å². The molecule has 0 aromatic carbocycles. The molecule has 0 spiro atoms. The molecule has 9 heteroatoms. The fourth-order valence-electron chi connectivity index (χ4n) is 2.37. The van der Waals surface area contributed by atoms with Crippen LogP contribution in [0.3, 0.4) is 0 Å². The Balaban J connectivity index is 1.64. The highest BCUT2D eigenvalue weighted by Crippen LogP contribution is 2.26. The summed E-state index contributed by atoms with van der Waals surface area (Å²) in [5, 5.41) is 7.41. The number of alkyl halides is 1. The quantitative estimate of drug-likeness (QED) is 0.789. The highest BCUT2D eigenvalue weighted by atomic mass is 35.5. The number of nitrogens with zero attached hydrogens (tertiary/aromatic N) is 6. The molecule has 2 aliphatic heterocycles. The van der Waals surface area contributed by atoms with Crippen LogP contribution >= 0.6 is 23.1 Å². The normalized spacial score (nSPS) is 22.5. The maximum atomic E-state index is 11.5. The van der Waals surface area contributed by atoms with Crippen LogP contribution < -0.4 is 4.90 Å². The fourth-order valence-corrected chi connectivity index (χ4v) is 3.47. The van der Waals surface area contributed by atoms with E-state index in [0.717, 1.165) is 42.8 Å². The zero-order chi connectivity index (χ0) is 15.7. The standard InChI is InChI=1S/C13H17ClN6OS/c1-8(2)11-16-13(22-18-11)20-5-3-19(4-6-20)9-7-15-17-12(21)10(9)14/h7-8,10H,3-6H2,1-2H3. The molecule has 0 aliphatic carbocycles. The van der Waals surface area contributed by atoms with Gasteiger partial charge in [-0.25, -0.2) is 4.98 Å². The molecule has 7 nitrogen and oxygen atoms in total. The number of hydrogen-bond donors (Lipinski definition) is 0. The third-order valence-corrected chi connectivity index (χ3v) is 4.89. The summed E-state index contributed by atoms with van der Waals surface area (Å²) in [6.07, 6.45) is 1.58. The van der Waals surface area contributed by atoms with E-state index in [0.29, 0.717) is 5.92 Å². The SMILES string of the molecule is CC(C)c1nsc(N2CCN(C3=CN=NC(=O)C3Cl)CC2)n1. The fraction of sp³-hybridized carbons (Fsp3) is 0.615. The monoisotopic (exact) mass is 340 g/mol. The molecule has 22 heavy (non-hydrogen) atoms.